The van der Waals surface area contributed by atoms with Gasteiger partial charge in [0.15, 0.2) is 6.23 Å². The molecule has 3 aromatic rings. The van der Waals surface area contributed by atoms with Crippen molar-refractivity contribution in [2.45, 2.75) is 19.7 Å². The van der Waals surface area contributed by atoms with Gasteiger partial charge in [-0.1, -0.05) is 47.7 Å². The van der Waals surface area contributed by atoms with Gasteiger partial charge < -0.3 is 9.64 Å². The summed E-state index contributed by atoms with van der Waals surface area (Å²) in [7, 11) is 0. The average molecular weight is 320 g/mol. The monoisotopic (exact) mass is 320 g/mol. The van der Waals surface area contributed by atoms with Gasteiger partial charge in [0.1, 0.15) is 5.69 Å². The summed E-state index contributed by atoms with van der Waals surface area (Å²) in [4.78, 5) is 2.24. The first-order valence-corrected chi connectivity index (χ1v) is 8.18. The molecule has 0 spiro atoms. The Morgan fingerprint density at radius 2 is 2.00 bits per heavy atom. The maximum Gasteiger partial charge on any atom is 0.177 e. The predicted molar refractivity (Wildman–Crippen MR) is 92.8 cm³/mol. The topological polar surface area (TPSA) is 43.2 Å². The maximum atomic E-state index is 5.92. The van der Waals surface area contributed by atoms with E-state index in [0.717, 1.165) is 17.9 Å². The number of nitrogens with zero attached hydrogens (tertiary/aromatic N) is 4. The number of aromatic nitrogens is 3. The van der Waals surface area contributed by atoms with Gasteiger partial charge in [-0.05, 0) is 30.2 Å². The maximum absolute atomic E-state index is 5.92. The van der Waals surface area contributed by atoms with E-state index in [4.69, 9.17) is 4.74 Å². The van der Waals surface area contributed by atoms with E-state index in [1.807, 2.05) is 29.1 Å². The van der Waals surface area contributed by atoms with Crippen LogP contribution < -0.4 is 4.90 Å². The zero-order valence-electron chi connectivity index (χ0n) is 13.7. The highest BCUT2D eigenvalue weighted by Crippen LogP contribution is 2.31. The van der Waals surface area contributed by atoms with Crippen LogP contribution in [0.3, 0.4) is 0 Å². The van der Waals surface area contributed by atoms with Gasteiger partial charge in [0.2, 0.25) is 0 Å². The van der Waals surface area contributed by atoms with Crippen molar-refractivity contribution in [2.24, 2.45) is 0 Å². The van der Waals surface area contributed by atoms with Crippen LogP contribution in [0.2, 0.25) is 0 Å². The molecule has 0 amide bonds. The summed E-state index contributed by atoms with van der Waals surface area (Å²) in [5, 5.41) is 8.60. The summed E-state index contributed by atoms with van der Waals surface area (Å²) < 4.78 is 7.78. The SMILES string of the molecule is Cc1cccc(N2CCO[C@H]2c2cn(Cc3ccccc3)nn2)c1. The molecule has 24 heavy (non-hydrogen) atoms. The number of hydrogen-bond acceptors (Lipinski definition) is 4. The second-order valence-corrected chi connectivity index (χ2v) is 6.08. The summed E-state index contributed by atoms with van der Waals surface area (Å²) in [5.74, 6) is 0. The fourth-order valence-corrected chi connectivity index (χ4v) is 3.06. The van der Waals surface area contributed by atoms with Crippen LogP contribution >= 0.6 is 0 Å². The van der Waals surface area contributed by atoms with Gasteiger partial charge in [-0.3, -0.25) is 0 Å². The third kappa shape index (κ3) is 3.03. The molecule has 1 atom stereocenters. The highest BCUT2D eigenvalue weighted by Gasteiger charge is 2.29. The predicted octanol–water partition coefficient (Wildman–Crippen LogP) is 3.17. The Balaban J connectivity index is 1.55. The molecule has 1 aliphatic rings. The molecular formula is C19H20N4O. The van der Waals surface area contributed by atoms with E-state index in [1.165, 1.54) is 11.1 Å². The lowest BCUT2D eigenvalue weighted by Gasteiger charge is -2.23. The minimum absolute atomic E-state index is 0.170. The van der Waals surface area contributed by atoms with Crippen molar-refractivity contribution in [2.75, 3.05) is 18.1 Å². The van der Waals surface area contributed by atoms with Crippen molar-refractivity contribution in [1.82, 2.24) is 15.0 Å². The summed E-state index contributed by atoms with van der Waals surface area (Å²) in [5.41, 5.74) is 4.46. The van der Waals surface area contributed by atoms with Crippen LogP contribution in [0, 0.1) is 6.92 Å². The van der Waals surface area contributed by atoms with Crippen LogP contribution in [-0.4, -0.2) is 28.1 Å². The van der Waals surface area contributed by atoms with Gasteiger partial charge >= 0.3 is 0 Å². The first-order chi connectivity index (χ1) is 11.8. The molecule has 1 saturated heterocycles. The number of benzene rings is 2. The largest absolute Gasteiger partial charge is 0.350 e. The van der Waals surface area contributed by atoms with Gasteiger partial charge in [-0.25, -0.2) is 4.68 Å². The third-order valence-electron chi connectivity index (χ3n) is 4.22. The van der Waals surface area contributed by atoms with Gasteiger partial charge in [0.05, 0.1) is 19.3 Å². The van der Waals surface area contributed by atoms with Crippen LogP contribution in [0.4, 0.5) is 5.69 Å². The number of rotatable bonds is 4. The summed E-state index contributed by atoms with van der Waals surface area (Å²) >= 11 is 0. The number of aryl methyl sites for hydroxylation is 1. The Morgan fingerprint density at radius 1 is 1.12 bits per heavy atom. The Hall–Kier alpha value is -2.66. The average Bonchev–Trinajstić information content (AvgIpc) is 3.24. The van der Waals surface area contributed by atoms with Crippen molar-refractivity contribution >= 4 is 5.69 Å². The van der Waals surface area contributed by atoms with E-state index >= 15 is 0 Å². The van der Waals surface area contributed by atoms with Gasteiger partial charge in [0.25, 0.3) is 0 Å². The molecule has 5 heteroatoms. The van der Waals surface area contributed by atoms with Crippen LogP contribution in [0.15, 0.2) is 60.8 Å². The normalized spacial score (nSPS) is 17.4. The van der Waals surface area contributed by atoms with Crippen LogP contribution in [0.25, 0.3) is 0 Å². The molecule has 0 N–H and O–H groups in total. The Morgan fingerprint density at radius 3 is 2.83 bits per heavy atom. The first-order valence-electron chi connectivity index (χ1n) is 8.18. The molecule has 1 fully saturated rings. The van der Waals surface area contributed by atoms with Gasteiger partial charge in [-0.15, -0.1) is 5.10 Å². The van der Waals surface area contributed by atoms with Crippen LogP contribution in [-0.2, 0) is 11.3 Å². The number of ether oxygens (including phenoxy) is 1. The molecule has 0 aliphatic carbocycles. The van der Waals surface area contributed by atoms with Crippen molar-refractivity contribution in [3.8, 4) is 0 Å². The molecule has 1 aliphatic heterocycles. The molecular weight excluding hydrogens is 300 g/mol. The standard InChI is InChI=1S/C19H20N4O/c1-15-6-5-9-17(12-15)23-10-11-24-19(23)18-14-22(21-20-18)13-16-7-3-2-4-8-16/h2-9,12,14,19H,10-11,13H2,1H3/t19-/m0/s1. The highest BCUT2D eigenvalue weighted by atomic mass is 16.5. The van der Waals surface area contributed by atoms with E-state index in [9.17, 15) is 0 Å². The fraction of sp³-hybridized carbons (Fsp3) is 0.263. The van der Waals surface area contributed by atoms with E-state index in [0.29, 0.717) is 13.2 Å². The lowest BCUT2D eigenvalue weighted by atomic mass is 10.2. The molecule has 5 nitrogen and oxygen atoms in total. The Bertz CT molecular complexity index is 815. The highest BCUT2D eigenvalue weighted by molar-refractivity contribution is 5.50. The molecule has 0 saturated carbocycles. The van der Waals surface area contributed by atoms with Crippen molar-refractivity contribution in [3.05, 3.63) is 77.6 Å². The molecule has 2 heterocycles. The van der Waals surface area contributed by atoms with Gasteiger partial charge in [-0.2, -0.15) is 0 Å². The minimum Gasteiger partial charge on any atom is -0.350 e. The van der Waals surface area contributed by atoms with E-state index < -0.39 is 0 Å². The van der Waals surface area contributed by atoms with E-state index in [-0.39, 0.29) is 6.23 Å². The zero-order chi connectivity index (χ0) is 16.4. The second-order valence-electron chi connectivity index (χ2n) is 6.08. The van der Waals surface area contributed by atoms with E-state index in [1.54, 1.807) is 0 Å². The number of hydrogen-bond donors (Lipinski definition) is 0. The Labute approximate surface area is 141 Å². The Kier molecular flexibility index (Phi) is 4.01. The van der Waals surface area contributed by atoms with Crippen molar-refractivity contribution < 1.29 is 4.74 Å². The molecule has 2 aromatic carbocycles. The minimum atomic E-state index is -0.170. The molecule has 1 aromatic heterocycles. The van der Waals surface area contributed by atoms with Gasteiger partial charge in [0, 0.05) is 12.2 Å². The summed E-state index contributed by atoms with van der Waals surface area (Å²) in [6.07, 6.45) is 1.81. The molecule has 0 bridgehead atoms. The molecule has 122 valence electrons. The first kappa shape index (κ1) is 14.9. The lowest BCUT2D eigenvalue weighted by molar-refractivity contribution is 0.110. The summed E-state index contributed by atoms with van der Waals surface area (Å²) in [6.45, 7) is 4.38. The van der Waals surface area contributed by atoms with Crippen LogP contribution in [0.1, 0.15) is 23.0 Å². The lowest BCUT2D eigenvalue weighted by Crippen LogP contribution is -2.23. The number of anilines is 1. The zero-order valence-corrected chi connectivity index (χ0v) is 13.7. The third-order valence-corrected chi connectivity index (χ3v) is 4.22. The second kappa shape index (κ2) is 6.45. The van der Waals surface area contributed by atoms with E-state index in [2.05, 4.69) is 58.5 Å². The molecule has 0 unspecified atom stereocenters. The molecule has 0 radical (unpaired) electrons. The molecule has 4 rings (SSSR count). The quantitative estimate of drug-likeness (QED) is 0.740. The summed E-state index contributed by atoms with van der Waals surface area (Å²) in [6, 6.07) is 18.7. The van der Waals surface area contributed by atoms with Crippen molar-refractivity contribution in [3.63, 3.8) is 0 Å². The van der Waals surface area contributed by atoms with Crippen molar-refractivity contribution in [1.29, 1.82) is 0 Å². The fourth-order valence-electron chi connectivity index (χ4n) is 3.06. The smallest absolute Gasteiger partial charge is 0.177 e. The van der Waals surface area contributed by atoms with Crippen LogP contribution in [0.5, 0.6) is 0 Å².